The third kappa shape index (κ3) is 4.42. The zero-order valence-corrected chi connectivity index (χ0v) is 19.0. The van der Waals surface area contributed by atoms with Gasteiger partial charge in [0.05, 0.1) is 18.5 Å². The normalized spacial score (nSPS) is 15.6. The van der Waals surface area contributed by atoms with Crippen LogP contribution in [0.3, 0.4) is 0 Å². The van der Waals surface area contributed by atoms with E-state index >= 15 is 0 Å². The minimum Gasteiger partial charge on any atom is -0.497 e. The van der Waals surface area contributed by atoms with E-state index in [1.165, 1.54) is 4.90 Å². The largest absolute Gasteiger partial charge is 0.497 e. The Bertz CT molecular complexity index is 1160. The molecule has 0 saturated carbocycles. The van der Waals surface area contributed by atoms with E-state index in [2.05, 4.69) is 15.6 Å². The van der Waals surface area contributed by atoms with E-state index in [9.17, 15) is 9.59 Å². The van der Waals surface area contributed by atoms with Gasteiger partial charge in [0.2, 0.25) is 5.91 Å². The van der Waals surface area contributed by atoms with E-state index in [1.807, 2.05) is 18.2 Å². The molecule has 1 fully saturated rings. The summed E-state index contributed by atoms with van der Waals surface area (Å²) in [6.07, 6.45) is 1.26. The minimum atomic E-state index is -0.623. The maximum absolute atomic E-state index is 13.3. The van der Waals surface area contributed by atoms with Gasteiger partial charge in [-0.05, 0) is 50.1 Å². The number of carbonyl (C=O) groups is 2. The number of carbonyl (C=O) groups excluding carboxylic acids is 2. The van der Waals surface area contributed by atoms with Crippen molar-refractivity contribution in [3.8, 4) is 11.4 Å². The summed E-state index contributed by atoms with van der Waals surface area (Å²) >= 11 is 12.0. The van der Waals surface area contributed by atoms with Crippen molar-refractivity contribution in [2.75, 3.05) is 19.0 Å². The fraction of sp³-hybridized carbons (Fsp3) is 0.273. The lowest BCUT2D eigenvalue weighted by Crippen LogP contribution is -2.43. The first kappa shape index (κ1) is 22.1. The molecule has 3 aromatic rings. The Kier molecular flexibility index (Phi) is 6.34. The molecule has 2 amide bonds. The molecule has 1 atom stereocenters. The molecule has 10 heteroatoms. The summed E-state index contributed by atoms with van der Waals surface area (Å²) in [4.78, 5) is 27.7. The summed E-state index contributed by atoms with van der Waals surface area (Å²) in [7, 11) is 1.58. The van der Waals surface area contributed by atoms with E-state index in [0.717, 1.165) is 5.69 Å². The molecule has 8 nitrogen and oxygen atoms in total. The number of nitrogens with zero attached hydrogens (tertiary/aromatic N) is 4. The predicted molar refractivity (Wildman–Crippen MR) is 122 cm³/mol. The van der Waals surface area contributed by atoms with Crippen molar-refractivity contribution in [2.24, 2.45) is 0 Å². The van der Waals surface area contributed by atoms with Crippen LogP contribution < -0.4 is 10.1 Å². The minimum absolute atomic E-state index is 0.207. The lowest BCUT2D eigenvalue weighted by Gasteiger charge is -2.23. The molecule has 2 aromatic carbocycles. The van der Waals surface area contributed by atoms with E-state index in [-0.39, 0.29) is 17.5 Å². The average molecular weight is 474 g/mol. The Morgan fingerprint density at radius 3 is 2.62 bits per heavy atom. The molecule has 166 valence electrons. The number of nitrogens with one attached hydrogen (secondary N) is 1. The SMILES string of the molecule is COc1cccc(-n2nnc(C(=O)N3CCCC3C(=O)Nc3cc(Cl)cc(Cl)c3)c2C)c1. The number of halogens is 2. The molecule has 1 unspecified atom stereocenters. The van der Waals surface area contributed by atoms with Gasteiger partial charge in [0.1, 0.15) is 11.8 Å². The van der Waals surface area contributed by atoms with Crippen LogP contribution >= 0.6 is 23.2 Å². The van der Waals surface area contributed by atoms with Gasteiger partial charge in [-0.3, -0.25) is 9.59 Å². The molecule has 1 aromatic heterocycles. The fourth-order valence-electron chi connectivity index (χ4n) is 3.78. The molecule has 0 spiro atoms. The molecular formula is C22H21Cl2N5O3. The van der Waals surface area contributed by atoms with E-state index < -0.39 is 6.04 Å². The van der Waals surface area contributed by atoms with E-state index in [4.69, 9.17) is 27.9 Å². The second-order valence-corrected chi connectivity index (χ2v) is 8.31. The first-order valence-corrected chi connectivity index (χ1v) is 10.8. The van der Waals surface area contributed by atoms with Crippen LogP contribution in [0.15, 0.2) is 42.5 Å². The van der Waals surface area contributed by atoms with E-state index in [0.29, 0.717) is 46.6 Å². The zero-order valence-electron chi connectivity index (χ0n) is 17.5. The molecule has 1 aliphatic rings. The molecule has 0 aliphatic carbocycles. The monoisotopic (exact) mass is 473 g/mol. The van der Waals surface area contributed by atoms with Crippen LogP contribution in [0.4, 0.5) is 5.69 Å². The number of amides is 2. The first-order chi connectivity index (χ1) is 15.4. The average Bonchev–Trinajstić information content (AvgIpc) is 3.39. The van der Waals surface area contributed by atoms with E-state index in [1.54, 1.807) is 43.0 Å². The smallest absolute Gasteiger partial charge is 0.277 e. The van der Waals surface area contributed by atoms with Gasteiger partial charge in [0.15, 0.2) is 5.69 Å². The Hall–Kier alpha value is -3.10. The standard InChI is InChI=1S/C22H21Cl2N5O3/c1-13-20(26-27-29(13)17-5-3-6-18(12-17)32-2)22(31)28-8-4-7-19(28)21(30)25-16-10-14(23)9-15(24)11-16/h3,5-6,9-12,19H,4,7-8H2,1-2H3,(H,25,30). The highest BCUT2D eigenvalue weighted by molar-refractivity contribution is 6.35. The molecule has 1 saturated heterocycles. The number of aromatic nitrogens is 3. The molecule has 32 heavy (non-hydrogen) atoms. The zero-order chi connectivity index (χ0) is 22.8. The summed E-state index contributed by atoms with van der Waals surface area (Å²) < 4.78 is 6.84. The van der Waals surface area contributed by atoms with Crippen LogP contribution in [-0.4, -0.2) is 51.4 Å². The molecule has 0 bridgehead atoms. The van der Waals surface area contributed by atoms with Crippen molar-refractivity contribution < 1.29 is 14.3 Å². The Morgan fingerprint density at radius 1 is 1.16 bits per heavy atom. The highest BCUT2D eigenvalue weighted by atomic mass is 35.5. The number of benzene rings is 2. The fourth-order valence-corrected chi connectivity index (χ4v) is 4.31. The highest BCUT2D eigenvalue weighted by Crippen LogP contribution is 2.26. The van der Waals surface area contributed by atoms with Crippen molar-refractivity contribution in [1.29, 1.82) is 0 Å². The highest BCUT2D eigenvalue weighted by Gasteiger charge is 2.36. The quantitative estimate of drug-likeness (QED) is 0.601. The summed E-state index contributed by atoms with van der Waals surface area (Å²) in [5.74, 6) is 0.0353. The lowest BCUT2D eigenvalue weighted by atomic mass is 10.2. The Labute approximate surface area is 195 Å². The Balaban J connectivity index is 1.55. The number of anilines is 1. The van der Waals surface area contributed by atoms with Gasteiger partial charge >= 0.3 is 0 Å². The van der Waals surface area contributed by atoms with Crippen LogP contribution in [-0.2, 0) is 4.79 Å². The lowest BCUT2D eigenvalue weighted by molar-refractivity contribution is -0.119. The molecule has 2 heterocycles. The van der Waals surface area contributed by atoms with Gasteiger partial charge in [-0.2, -0.15) is 0 Å². The Morgan fingerprint density at radius 2 is 1.91 bits per heavy atom. The van der Waals surface area contributed by atoms with Gasteiger partial charge < -0.3 is 15.0 Å². The van der Waals surface area contributed by atoms with Gasteiger partial charge in [-0.15, -0.1) is 5.10 Å². The van der Waals surface area contributed by atoms with Gasteiger partial charge in [-0.25, -0.2) is 4.68 Å². The summed E-state index contributed by atoms with van der Waals surface area (Å²) in [6.45, 7) is 2.23. The third-order valence-electron chi connectivity index (χ3n) is 5.34. The van der Waals surface area contributed by atoms with Gasteiger partial charge in [0.25, 0.3) is 5.91 Å². The number of methoxy groups -OCH3 is 1. The second kappa shape index (κ2) is 9.18. The number of likely N-dealkylation sites (tertiary alicyclic amines) is 1. The van der Waals surface area contributed by atoms with Crippen molar-refractivity contribution in [1.82, 2.24) is 19.9 Å². The molecule has 1 N–H and O–H groups in total. The molecule has 0 radical (unpaired) electrons. The molecule has 1 aliphatic heterocycles. The summed E-state index contributed by atoms with van der Waals surface area (Å²) in [6, 6.07) is 11.5. The number of rotatable bonds is 5. The van der Waals surface area contributed by atoms with Crippen molar-refractivity contribution in [3.63, 3.8) is 0 Å². The summed E-state index contributed by atoms with van der Waals surface area (Å²) in [5.41, 5.74) is 1.99. The number of hydrogen-bond acceptors (Lipinski definition) is 5. The number of ether oxygens (including phenoxy) is 1. The van der Waals surface area contributed by atoms with Gasteiger partial charge in [-0.1, -0.05) is 34.5 Å². The maximum atomic E-state index is 13.3. The van der Waals surface area contributed by atoms with Crippen LogP contribution in [0.2, 0.25) is 10.0 Å². The topological polar surface area (TPSA) is 89.3 Å². The van der Waals surface area contributed by atoms with Crippen molar-refractivity contribution >= 4 is 40.7 Å². The van der Waals surface area contributed by atoms with Crippen LogP contribution in [0.1, 0.15) is 29.0 Å². The van der Waals surface area contributed by atoms with Crippen LogP contribution in [0, 0.1) is 6.92 Å². The van der Waals surface area contributed by atoms with Crippen molar-refractivity contribution in [3.05, 3.63) is 63.9 Å². The predicted octanol–water partition coefficient (Wildman–Crippen LogP) is 4.13. The van der Waals surface area contributed by atoms with Crippen LogP contribution in [0.5, 0.6) is 5.75 Å². The summed E-state index contributed by atoms with van der Waals surface area (Å²) in [5, 5.41) is 11.9. The first-order valence-electron chi connectivity index (χ1n) is 10.0. The van der Waals surface area contributed by atoms with Crippen molar-refractivity contribution in [2.45, 2.75) is 25.8 Å². The third-order valence-corrected chi connectivity index (χ3v) is 5.78. The molecular weight excluding hydrogens is 453 g/mol. The molecule has 4 rings (SSSR count). The maximum Gasteiger partial charge on any atom is 0.277 e. The van der Waals surface area contributed by atoms with Crippen LogP contribution in [0.25, 0.3) is 5.69 Å². The number of hydrogen-bond donors (Lipinski definition) is 1. The van der Waals surface area contributed by atoms with Gasteiger partial charge in [0, 0.05) is 28.3 Å². The second-order valence-electron chi connectivity index (χ2n) is 7.44.